The first kappa shape index (κ1) is 17.2. The van der Waals surface area contributed by atoms with Crippen molar-refractivity contribution in [3.8, 4) is 5.75 Å². The van der Waals surface area contributed by atoms with Gasteiger partial charge in [0, 0.05) is 10.7 Å². The molecule has 0 aromatic heterocycles. The molecule has 0 aliphatic carbocycles. The van der Waals surface area contributed by atoms with Crippen molar-refractivity contribution in [2.24, 2.45) is 0 Å². The number of benzene rings is 2. The van der Waals surface area contributed by atoms with Crippen LogP contribution in [0.15, 0.2) is 42.5 Å². The molecule has 0 aliphatic heterocycles. The predicted octanol–water partition coefficient (Wildman–Crippen LogP) is 4.49. The molecular formula is C18H21ClN2O2. The Balaban J connectivity index is 1.97. The molecule has 5 heteroatoms. The summed E-state index contributed by atoms with van der Waals surface area (Å²) in [5.41, 5.74) is 2.55. The molecule has 0 atom stereocenters. The molecule has 2 rings (SSSR count). The molecule has 2 N–H and O–H groups in total. The molecule has 0 unspecified atom stereocenters. The van der Waals surface area contributed by atoms with Gasteiger partial charge in [0.15, 0.2) is 0 Å². The number of ether oxygens (including phenoxy) is 1. The molecule has 2 aromatic carbocycles. The number of nitrogens with one attached hydrogen (secondary N) is 2. The lowest BCUT2D eigenvalue weighted by molar-refractivity contribution is -0.114. The maximum atomic E-state index is 12.1. The molecule has 0 bridgehead atoms. The van der Waals surface area contributed by atoms with Crippen molar-refractivity contribution in [1.82, 2.24) is 0 Å². The van der Waals surface area contributed by atoms with E-state index in [9.17, 15) is 4.79 Å². The van der Waals surface area contributed by atoms with Crippen molar-refractivity contribution in [3.63, 3.8) is 0 Å². The first-order chi connectivity index (χ1) is 11.0. The summed E-state index contributed by atoms with van der Waals surface area (Å²) in [4.78, 5) is 12.1. The van der Waals surface area contributed by atoms with E-state index in [1.165, 1.54) is 0 Å². The van der Waals surface area contributed by atoms with Gasteiger partial charge < -0.3 is 15.4 Å². The van der Waals surface area contributed by atoms with E-state index in [1.807, 2.05) is 57.2 Å². The molecule has 0 radical (unpaired) electrons. The highest BCUT2D eigenvalue weighted by Crippen LogP contribution is 2.25. The fourth-order valence-corrected chi connectivity index (χ4v) is 2.35. The molecule has 122 valence electrons. The monoisotopic (exact) mass is 332 g/mol. The van der Waals surface area contributed by atoms with Crippen LogP contribution in [-0.4, -0.2) is 18.6 Å². The smallest absolute Gasteiger partial charge is 0.243 e. The van der Waals surface area contributed by atoms with Crippen LogP contribution in [0.25, 0.3) is 0 Å². The Morgan fingerprint density at radius 1 is 1.17 bits per heavy atom. The standard InChI is InChI=1S/C18H21ClN2O2/c1-12(2)23-17-7-5-4-6-16(17)21-18(22)11-20-15-9-8-14(19)10-13(15)3/h4-10,12,20H,11H2,1-3H3,(H,21,22). The number of hydrogen-bond acceptors (Lipinski definition) is 3. The normalized spacial score (nSPS) is 10.5. The number of carbonyl (C=O) groups excluding carboxylic acids is 1. The van der Waals surface area contributed by atoms with Crippen LogP contribution in [0.4, 0.5) is 11.4 Å². The third kappa shape index (κ3) is 5.18. The van der Waals surface area contributed by atoms with E-state index >= 15 is 0 Å². The summed E-state index contributed by atoms with van der Waals surface area (Å²) >= 11 is 5.92. The van der Waals surface area contributed by atoms with E-state index < -0.39 is 0 Å². The number of amides is 1. The van der Waals surface area contributed by atoms with Crippen LogP contribution in [0.5, 0.6) is 5.75 Å². The number of anilines is 2. The second-order valence-electron chi connectivity index (χ2n) is 5.52. The average molecular weight is 333 g/mol. The van der Waals surface area contributed by atoms with E-state index in [4.69, 9.17) is 16.3 Å². The van der Waals surface area contributed by atoms with E-state index in [2.05, 4.69) is 10.6 Å². The number of carbonyl (C=O) groups is 1. The Kier molecular flexibility index (Phi) is 5.88. The Morgan fingerprint density at radius 3 is 2.61 bits per heavy atom. The van der Waals surface area contributed by atoms with E-state index in [0.29, 0.717) is 16.5 Å². The van der Waals surface area contributed by atoms with Crippen molar-refractivity contribution in [2.45, 2.75) is 26.9 Å². The van der Waals surface area contributed by atoms with Crippen molar-refractivity contribution >= 4 is 28.9 Å². The Labute approximate surface area is 141 Å². The van der Waals surface area contributed by atoms with Gasteiger partial charge >= 0.3 is 0 Å². The summed E-state index contributed by atoms with van der Waals surface area (Å²) < 4.78 is 5.69. The molecule has 2 aromatic rings. The average Bonchev–Trinajstić information content (AvgIpc) is 2.48. The number of hydrogen-bond donors (Lipinski definition) is 2. The second kappa shape index (κ2) is 7.88. The molecular weight excluding hydrogens is 312 g/mol. The highest BCUT2D eigenvalue weighted by molar-refractivity contribution is 6.30. The molecule has 0 saturated heterocycles. The first-order valence-electron chi connectivity index (χ1n) is 7.51. The van der Waals surface area contributed by atoms with Gasteiger partial charge in [0.05, 0.1) is 18.3 Å². The maximum Gasteiger partial charge on any atom is 0.243 e. The van der Waals surface area contributed by atoms with Gasteiger partial charge in [-0.25, -0.2) is 0 Å². The number of aryl methyl sites for hydroxylation is 1. The fraction of sp³-hybridized carbons (Fsp3) is 0.278. The zero-order valence-electron chi connectivity index (χ0n) is 13.5. The van der Waals surface area contributed by atoms with Crippen LogP contribution >= 0.6 is 11.6 Å². The Bertz CT molecular complexity index is 686. The highest BCUT2D eigenvalue weighted by atomic mass is 35.5. The molecule has 1 amide bonds. The van der Waals surface area contributed by atoms with E-state index in [0.717, 1.165) is 11.3 Å². The summed E-state index contributed by atoms with van der Waals surface area (Å²) in [6.07, 6.45) is 0.0443. The number of para-hydroxylation sites is 2. The molecule has 0 saturated carbocycles. The topological polar surface area (TPSA) is 50.4 Å². The van der Waals surface area contributed by atoms with Gasteiger partial charge in [-0.2, -0.15) is 0 Å². The third-order valence-electron chi connectivity index (χ3n) is 3.15. The molecule has 0 fully saturated rings. The van der Waals surface area contributed by atoms with Crippen LogP contribution in [0.3, 0.4) is 0 Å². The van der Waals surface area contributed by atoms with Crippen molar-refractivity contribution in [3.05, 3.63) is 53.1 Å². The SMILES string of the molecule is Cc1cc(Cl)ccc1NCC(=O)Nc1ccccc1OC(C)C. The maximum absolute atomic E-state index is 12.1. The molecule has 23 heavy (non-hydrogen) atoms. The molecule has 0 spiro atoms. The Morgan fingerprint density at radius 2 is 1.91 bits per heavy atom. The summed E-state index contributed by atoms with van der Waals surface area (Å²) in [5.74, 6) is 0.526. The van der Waals surface area contributed by atoms with E-state index in [-0.39, 0.29) is 18.6 Å². The van der Waals surface area contributed by atoms with Crippen molar-refractivity contribution in [1.29, 1.82) is 0 Å². The van der Waals surface area contributed by atoms with Gasteiger partial charge in [-0.3, -0.25) is 4.79 Å². The largest absolute Gasteiger partial charge is 0.489 e. The fourth-order valence-electron chi connectivity index (χ4n) is 2.12. The number of rotatable bonds is 6. The van der Waals surface area contributed by atoms with Gasteiger partial charge in [0.1, 0.15) is 5.75 Å². The summed E-state index contributed by atoms with van der Waals surface area (Å²) in [5, 5.41) is 6.65. The van der Waals surface area contributed by atoms with Gasteiger partial charge in [-0.05, 0) is 56.7 Å². The summed E-state index contributed by atoms with van der Waals surface area (Å²) in [7, 11) is 0. The summed E-state index contributed by atoms with van der Waals surface area (Å²) in [6.45, 7) is 6.00. The zero-order chi connectivity index (χ0) is 16.8. The molecule has 4 nitrogen and oxygen atoms in total. The van der Waals surface area contributed by atoms with Crippen molar-refractivity contribution < 1.29 is 9.53 Å². The van der Waals surface area contributed by atoms with Crippen LogP contribution in [0.2, 0.25) is 5.02 Å². The second-order valence-corrected chi connectivity index (χ2v) is 5.96. The van der Waals surface area contributed by atoms with Gasteiger partial charge in [-0.15, -0.1) is 0 Å². The predicted molar refractivity (Wildman–Crippen MR) is 95.5 cm³/mol. The lowest BCUT2D eigenvalue weighted by Gasteiger charge is -2.15. The highest BCUT2D eigenvalue weighted by Gasteiger charge is 2.09. The van der Waals surface area contributed by atoms with Crippen LogP contribution in [0.1, 0.15) is 19.4 Å². The minimum absolute atomic E-state index is 0.0443. The van der Waals surface area contributed by atoms with Gasteiger partial charge in [0.25, 0.3) is 0 Å². The quantitative estimate of drug-likeness (QED) is 0.819. The van der Waals surface area contributed by atoms with Crippen LogP contribution in [-0.2, 0) is 4.79 Å². The first-order valence-corrected chi connectivity index (χ1v) is 7.89. The minimum Gasteiger partial charge on any atom is -0.489 e. The third-order valence-corrected chi connectivity index (χ3v) is 3.39. The molecule has 0 heterocycles. The van der Waals surface area contributed by atoms with Crippen LogP contribution in [0, 0.1) is 6.92 Å². The van der Waals surface area contributed by atoms with Gasteiger partial charge in [-0.1, -0.05) is 23.7 Å². The van der Waals surface area contributed by atoms with E-state index in [1.54, 1.807) is 6.07 Å². The molecule has 0 aliphatic rings. The Hall–Kier alpha value is -2.20. The summed E-state index contributed by atoms with van der Waals surface area (Å²) in [6, 6.07) is 12.9. The van der Waals surface area contributed by atoms with Gasteiger partial charge in [0.2, 0.25) is 5.91 Å². The zero-order valence-corrected chi connectivity index (χ0v) is 14.3. The lowest BCUT2D eigenvalue weighted by Crippen LogP contribution is -2.22. The lowest BCUT2D eigenvalue weighted by atomic mass is 10.2. The van der Waals surface area contributed by atoms with Crippen molar-refractivity contribution in [2.75, 3.05) is 17.2 Å². The number of halogens is 1. The minimum atomic E-state index is -0.140. The van der Waals surface area contributed by atoms with Crippen LogP contribution < -0.4 is 15.4 Å².